The lowest BCUT2D eigenvalue weighted by atomic mass is 9.85. The van der Waals surface area contributed by atoms with Gasteiger partial charge in [-0.1, -0.05) is 35.0 Å². The van der Waals surface area contributed by atoms with Crippen LogP contribution in [0.25, 0.3) is 0 Å². The molecule has 0 aromatic heterocycles. The molecule has 5 heteroatoms. The second-order valence-corrected chi connectivity index (χ2v) is 5.54. The highest BCUT2D eigenvalue weighted by Gasteiger charge is 2.34. The number of aryl methyl sites for hydroxylation is 1. The zero-order valence-electron chi connectivity index (χ0n) is 13.9. The monoisotopic (exact) mass is 325 g/mol. The Morgan fingerprint density at radius 3 is 2.62 bits per heavy atom. The van der Waals surface area contributed by atoms with Crippen LogP contribution in [0.3, 0.4) is 0 Å². The Balaban J connectivity index is 2.12. The number of nitrogens with zero attached hydrogens (tertiary/aromatic N) is 1. The first kappa shape index (κ1) is 16.1. The molecule has 3 rings (SSSR count). The molecular weight excluding hydrogens is 306 g/mol. The Labute approximate surface area is 140 Å². The maximum atomic E-state index is 12.3. The molecule has 1 unspecified atom stereocenters. The van der Waals surface area contributed by atoms with Crippen molar-refractivity contribution in [2.75, 3.05) is 13.7 Å². The van der Waals surface area contributed by atoms with Crippen molar-refractivity contribution in [3.8, 4) is 11.5 Å². The average molecular weight is 325 g/mol. The minimum absolute atomic E-state index is 0.237. The quantitative estimate of drug-likeness (QED) is 0.808. The molecule has 5 nitrogen and oxygen atoms in total. The summed E-state index contributed by atoms with van der Waals surface area (Å²) >= 11 is 0. The second kappa shape index (κ2) is 6.74. The predicted octanol–water partition coefficient (Wildman–Crippen LogP) is 3.45. The highest BCUT2D eigenvalue weighted by molar-refractivity contribution is 6.39. The van der Waals surface area contributed by atoms with E-state index in [1.54, 1.807) is 26.2 Å². The van der Waals surface area contributed by atoms with Gasteiger partial charge in [0.2, 0.25) is 0 Å². The molecule has 0 amide bonds. The first-order valence-corrected chi connectivity index (χ1v) is 7.80. The van der Waals surface area contributed by atoms with Crippen LogP contribution in [0.15, 0.2) is 47.6 Å². The maximum Gasteiger partial charge on any atom is 0.357 e. The third-order valence-electron chi connectivity index (χ3n) is 3.94. The van der Waals surface area contributed by atoms with Crippen molar-refractivity contribution in [2.45, 2.75) is 19.8 Å². The van der Waals surface area contributed by atoms with Gasteiger partial charge < -0.3 is 14.3 Å². The van der Waals surface area contributed by atoms with Crippen molar-refractivity contribution in [1.29, 1.82) is 0 Å². The number of hydrogen-bond acceptors (Lipinski definition) is 5. The van der Waals surface area contributed by atoms with E-state index < -0.39 is 5.97 Å². The minimum atomic E-state index is -0.475. The number of esters is 1. The van der Waals surface area contributed by atoms with E-state index in [0.717, 1.165) is 16.7 Å². The zero-order chi connectivity index (χ0) is 17.1. The Bertz CT molecular complexity index is 780. The molecule has 0 N–H and O–H groups in total. The predicted molar refractivity (Wildman–Crippen MR) is 90.7 cm³/mol. The van der Waals surface area contributed by atoms with E-state index >= 15 is 0 Å². The van der Waals surface area contributed by atoms with Crippen LogP contribution in [-0.2, 0) is 9.53 Å². The third-order valence-corrected chi connectivity index (χ3v) is 3.94. The molecule has 0 spiro atoms. The van der Waals surface area contributed by atoms with Crippen LogP contribution in [-0.4, -0.2) is 25.4 Å². The Hall–Kier alpha value is -2.82. The fourth-order valence-corrected chi connectivity index (χ4v) is 2.72. The third kappa shape index (κ3) is 2.97. The number of benzene rings is 2. The number of methoxy groups -OCH3 is 1. The average Bonchev–Trinajstić information content (AvgIpc) is 2.61. The van der Waals surface area contributed by atoms with Crippen LogP contribution in [0.2, 0.25) is 0 Å². The lowest BCUT2D eigenvalue weighted by Gasteiger charge is -2.25. The first-order chi connectivity index (χ1) is 11.6. The molecule has 0 bridgehead atoms. The molecule has 0 saturated carbocycles. The van der Waals surface area contributed by atoms with Gasteiger partial charge in [-0.2, -0.15) is 0 Å². The molecule has 1 atom stereocenters. The van der Waals surface area contributed by atoms with Gasteiger partial charge in [-0.3, -0.25) is 0 Å². The largest absolute Gasteiger partial charge is 0.497 e. The molecule has 2 aromatic carbocycles. The SMILES string of the molecule is CCOC(=O)C1=NOc2ccc(OC)cc2C1c1ccc(C)cc1. The van der Waals surface area contributed by atoms with Crippen LogP contribution in [0.5, 0.6) is 11.5 Å². The molecule has 1 heterocycles. The van der Waals surface area contributed by atoms with Crippen molar-refractivity contribution in [1.82, 2.24) is 0 Å². The van der Waals surface area contributed by atoms with Crippen molar-refractivity contribution < 1.29 is 19.1 Å². The maximum absolute atomic E-state index is 12.3. The zero-order valence-corrected chi connectivity index (χ0v) is 13.9. The summed E-state index contributed by atoms with van der Waals surface area (Å²) in [5.74, 6) is 0.467. The summed E-state index contributed by atoms with van der Waals surface area (Å²) in [6.07, 6.45) is 0. The van der Waals surface area contributed by atoms with Crippen LogP contribution < -0.4 is 9.57 Å². The van der Waals surface area contributed by atoms with Gasteiger partial charge in [0.05, 0.1) is 19.6 Å². The van der Waals surface area contributed by atoms with Gasteiger partial charge in [0, 0.05) is 5.56 Å². The van der Waals surface area contributed by atoms with Gasteiger partial charge in [-0.25, -0.2) is 4.79 Å². The topological polar surface area (TPSA) is 57.1 Å². The molecule has 124 valence electrons. The van der Waals surface area contributed by atoms with E-state index in [-0.39, 0.29) is 18.2 Å². The van der Waals surface area contributed by atoms with Crippen LogP contribution in [0.4, 0.5) is 0 Å². The molecule has 24 heavy (non-hydrogen) atoms. The summed E-state index contributed by atoms with van der Waals surface area (Å²) in [5, 5.41) is 4.03. The molecule has 1 aliphatic rings. The Morgan fingerprint density at radius 1 is 1.21 bits per heavy atom. The normalized spacial score (nSPS) is 15.8. The molecule has 0 aliphatic carbocycles. The highest BCUT2D eigenvalue weighted by atomic mass is 16.6. The van der Waals surface area contributed by atoms with Gasteiger partial charge in [-0.15, -0.1) is 0 Å². The van der Waals surface area contributed by atoms with Gasteiger partial charge in [-0.05, 0) is 37.6 Å². The molecule has 0 radical (unpaired) electrons. The van der Waals surface area contributed by atoms with Crippen LogP contribution >= 0.6 is 0 Å². The van der Waals surface area contributed by atoms with E-state index in [2.05, 4.69) is 5.16 Å². The Kier molecular flexibility index (Phi) is 4.51. The van der Waals surface area contributed by atoms with Crippen molar-refractivity contribution in [3.05, 3.63) is 59.2 Å². The number of ether oxygens (including phenoxy) is 2. The minimum Gasteiger partial charge on any atom is -0.497 e. The molecule has 0 fully saturated rings. The Morgan fingerprint density at radius 2 is 1.96 bits per heavy atom. The summed E-state index contributed by atoms with van der Waals surface area (Å²) in [6, 6.07) is 13.5. The molecular formula is C19H19NO4. The van der Waals surface area contributed by atoms with Gasteiger partial charge in [0.15, 0.2) is 11.5 Å². The van der Waals surface area contributed by atoms with Crippen molar-refractivity contribution in [3.63, 3.8) is 0 Å². The summed E-state index contributed by atoms with van der Waals surface area (Å²) < 4.78 is 10.5. The fraction of sp³-hybridized carbons (Fsp3) is 0.263. The summed E-state index contributed by atoms with van der Waals surface area (Å²) in [7, 11) is 1.60. The number of fused-ring (bicyclic) bond motifs is 1. The lowest BCUT2D eigenvalue weighted by Crippen LogP contribution is -2.29. The van der Waals surface area contributed by atoms with E-state index in [1.165, 1.54) is 0 Å². The number of carbonyl (C=O) groups is 1. The summed E-state index contributed by atoms with van der Waals surface area (Å²) in [6.45, 7) is 4.06. The van der Waals surface area contributed by atoms with Crippen LogP contribution in [0, 0.1) is 6.92 Å². The van der Waals surface area contributed by atoms with Crippen LogP contribution in [0.1, 0.15) is 29.5 Å². The van der Waals surface area contributed by atoms with E-state index in [0.29, 0.717) is 11.5 Å². The summed E-state index contributed by atoms with van der Waals surface area (Å²) in [5.41, 5.74) is 3.16. The van der Waals surface area contributed by atoms with E-state index in [1.807, 2.05) is 37.3 Å². The number of hydrogen-bond donors (Lipinski definition) is 0. The van der Waals surface area contributed by atoms with Crippen molar-refractivity contribution in [2.24, 2.45) is 5.16 Å². The van der Waals surface area contributed by atoms with Gasteiger partial charge in [0.25, 0.3) is 0 Å². The first-order valence-electron chi connectivity index (χ1n) is 7.80. The number of rotatable bonds is 4. The van der Waals surface area contributed by atoms with E-state index in [4.69, 9.17) is 14.3 Å². The second-order valence-electron chi connectivity index (χ2n) is 5.54. The smallest absolute Gasteiger partial charge is 0.357 e. The van der Waals surface area contributed by atoms with Gasteiger partial charge in [0.1, 0.15) is 5.75 Å². The highest BCUT2D eigenvalue weighted by Crippen LogP contribution is 2.39. The molecule has 2 aromatic rings. The van der Waals surface area contributed by atoms with Gasteiger partial charge >= 0.3 is 5.97 Å². The van der Waals surface area contributed by atoms with E-state index in [9.17, 15) is 4.79 Å². The summed E-state index contributed by atoms with van der Waals surface area (Å²) in [4.78, 5) is 17.8. The van der Waals surface area contributed by atoms with Crippen molar-refractivity contribution >= 4 is 11.7 Å². The molecule has 0 saturated heterocycles. The number of oxime groups is 1. The lowest BCUT2D eigenvalue weighted by molar-refractivity contribution is -0.135. The standard InChI is InChI=1S/C19H19NO4/c1-4-23-19(21)18-17(13-7-5-12(2)6-8-13)15-11-14(22-3)9-10-16(15)24-20-18/h5-11,17H,4H2,1-3H3. The fourth-order valence-electron chi connectivity index (χ4n) is 2.72. The number of carbonyl (C=O) groups excluding carboxylic acids is 1. The molecule has 1 aliphatic heterocycles.